The van der Waals surface area contributed by atoms with Crippen molar-refractivity contribution in [3.8, 4) is 12.3 Å². The van der Waals surface area contributed by atoms with Crippen LogP contribution < -0.4 is 0 Å². The highest BCUT2D eigenvalue weighted by Gasteiger charge is 2.49. The van der Waals surface area contributed by atoms with Crippen LogP contribution in [0.25, 0.3) is 0 Å². The molecular weight excluding hydrogens is 354 g/mol. The number of piperidine rings is 1. The van der Waals surface area contributed by atoms with E-state index < -0.39 is 5.60 Å². The first-order valence-corrected chi connectivity index (χ1v) is 9.45. The molecule has 2 aliphatic heterocycles. The van der Waals surface area contributed by atoms with Crippen LogP contribution in [0.5, 0.6) is 0 Å². The summed E-state index contributed by atoms with van der Waals surface area (Å²) >= 11 is 0. The lowest BCUT2D eigenvalue weighted by molar-refractivity contribution is -0.136. The zero-order valence-electron chi connectivity index (χ0n) is 15.6. The predicted octanol–water partition coefficient (Wildman–Crippen LogP) is 3.06. The molecule has 2 bridgehead atoms. The third-order valence-electron chi connectivity index (χ3n) is 5.56. The van der Waals surface area contributed by atoms with Gasteiger partial charge in [0.15, 0.2) is 0 Å². The normalized spacial score (nSPS) is 26.4. The summed E-state index contributed by atoms with van der Waals surface area (Å²) in [6, 6.07) is 16.6. The highest BCUT2D eigenvalue weighted by molar-refractivity contribution is 5.69. The molecule has 0 spiro atoms. The Bertz CT molecular complexity index is 858. The van der Waals surface area contributed by atoms with Crippen molar-refractivity contribution < 1.29 is 19.4 Å². The third kappa shape index (κ3) is 3.62. The monoisotopic (exact) mass is 377 g/mol. The molecule has 144 valence electrons. The molecule has 2 fully saturated rings. The van der Waals surface area contributed by atoms with Crippen molar-refractivity contribution in [2.45, 2.75) is 37.1 Å². The van der Waals surface area contributed by atoms with Crippen molar-refractivity contribution in [1.82, 2.24) is 4.90 Å². The second-order valence-electron chi connectivity index (χ2n) is 7.45. The lowest BCUT2D eigenvalue weighted by Crippen LogP contribution is -2.62. The van der Waals surface area contributed by atoms with Gasteiger partial charge in [-0.3, -0.25) is 4.90 Å². The number of hydrogen-bond donors (Lipinski definition) is 1. The molecule has 0 radical (unpaired) electrons. The quantitative estimate of drug-likeness (QED) is 0.836. The summed E-state index contributed by atoms with van der Waals surface area (Å²) < 4.78 is 11.2. The smallest absolute Gasteiger partial charge is 0.410 e. The van der Waals surface area contributed by atoms with Gasteiger partial charge < -0.3 is 14.6 Å². The van der Waals surface area contributed by atoms with Crippen LogP contribution in [0.3, 0.4) is 0 Å². The topological polar surface area (TPSA) is 59.0 Å². The van der Waals surface area contributed by atoms with Crippen molar-refractivity contribution in [3.05, 3.63) is 71.3 Å². The van der Waals surface area contributed by atoms with Crippen LogP contribution in [0.2, 0.25) is 0 Å². The minimum absolute atomic E-state index is 0.229. The molecule has 2 aliphatic rings. The minimum atomic E-state index is -1.01. The van der Waals surface area contributed by atoms with E-state index in [1.165, 1.54) is 0 Å². The molecule has 1 amide bonds. The minimum Gasteiger partial charge on any atom is -0.445 e. The van der Waals surface area contributed by atoms with Crippen LogP contribution in [0.1, 0.15) is 29.5 Å². The molecule has 5 nitrogen and oxygen atoms in total. The van der Waals surface area contributed by atoms with E-state index in [4.69, 9.17) is 15.9 Å². The second kappa shape index (κ2) is 7.67. The van der Waals surface area contributed by atoms with E-state index in [0.29, 0.717) is 26.1 Å². The first-order chi connectivity index (χ1) is 13.6. The SMILES string of the molecule is C#Cc1ccc(C2(O)CC3COCC(C2)N3C(=O)OCc2ccccc2)cc1. The second-order valence-corrected chi connectivity index (χ2v) is 7.45. The van der Waals surface area contributed by atoms with Gasteiger partial charge in [0.2, 0.25) is 0 Å². The van der Waals surface area contributed by atoms with Crippen molar-refractivity contribution in [2.24, 2.45) is 0 Å². The van der Waals surface area contributed by atoms with Crippen molar-refractivity contribution in [2.75, 3.05) is 13.2 Å². The number of nitrogens with zero attached hydrogens (tertiary/aromatic N) is 1. The lowest BCUT2D eigenvalue weighted by Gasteiger charge is -2.51. The van der Waals surface area contributed by atoms with Crippen molar-refractivity contribution in [3.63, 3.8) is 0 Å². The molecule has 0 aromatic heterocycles. The Labute approximate surface area is 164 Å². The summed E-state index contributed by atoms with van der Waals surface area (Å²) in [4.78, 5) is 14.5. The molecule has 2 aromatic rings. The number of ether oxygens (including phenoxy) is 2. The predicted molar refractivity (Wildman–Crippen MR) is 104 cm³/mol. The van der Waals surface area contributed by atoms with Crippen LogP contribution in [0.15, 0.2) is 54.6 Å². The van der Waals surface area contributed by atoms with E-state index in [1.54, 1.807) is 4.90 Å². The van der Waals surface area contributed by atoms with Gasteiger partial charge in [-0.1, -0.05) is 48.4 Å². The number of aliphatic hydroxyl groups is 1. The number of fused-ring (bicyclic) bond motifs is 2. The van der Waals surface area contributed by atoms with Crippen LogP contribution in [0, 0.1) is 12.3 Å². The summed E-state index contributed by atoms with van der Waals surface area (Å²) in [5.41, 5.74) is 1.53. The number of rotatable bonds is 3. The number of hydrogen-bond acceptors (Lipinski definition) is 4. The van der Waals surface area contributed by atoms with Gasteiger partial charge in [-0.15, -0.1) is 6.42 Å². The fourth-order valence-corrected chi connectivity index (χ4v) is 4.18. The van der Waals surface area contributed by atoms with E-state index in [9.17, 15) is 9.90 Å². The Kier molecular flexibility index (Phi) is 5.08. The fraction of sp³-hybridized carbons (Fsp3) is 0.348. The van der Waals surface area contributed by atoms with Gasteiger partial charge >= 0.3 is 6.09 Å². The molecule has 2 saturated heterocycles. The standard InChI is InChI=1S/C23H23NO4/c1-2-17-8-10-19(11-9-17)23(26)12-20-15-27-16-21(13-23)24(20)22(25)28-14-18-6-4-3-5-7-18/h1,3-11,20-21,26H,12-16H2. The lowest BCUT2D eigenvalue weighted by atomic mass is 9.77. The number of amides is 1. The number of morpholine rings is 1. The summed E-state index contributed by atoms with van der Waals surface area (Å²) in [6.45, 7) is 1.01. The number of carbonyl (C=O) groups excluding carboxylic acids is 1. The highest BCUT2D eigenvalue weighted by Crippen LogP contribution is 2.41. The average Bonchev–Trinajstić information content (AvgIpc) is 2.72. The Morgan fingerprint density at radius 3 is 2.39 bits per heavy atom. The molecule has 28 heavy (non-hydrogen) atoms. The van der Waals surface area contributed by atoms with Gasteiger partial charge in [0.1, 0.15) is 6.61 Å². The van der Waals surface area contributed by atoms with Gasteiger partial charge in [0.05, 0.1) is 30.9 Å². The van der Waals surface area contributed by atoms with Gasteiger partial charge in [-0.05, 0) is 23.3 Å². The third-order valence-corrected chi connectivity index (χ3v) is 5.56. The highest BCUT2D eigenvalue weighted by atomic mass is 16.6. The maximum atomic E-state index is 12.8. The summed E-state index contributed by atoms with van der Waals surface area (Å²) in [5, 5.41) is 11.3. The van der Waals surface area contributed by atoms with Crippen molar-refractivity contribution in [1.29, 1.82) is 0 Å². The summed E-state index contributed by atoms with van der Waals surface area (Å²) in [6.07, 6.45) is 5.87. The molecule has 2 heterocycles. The largest absolute Gasteiger partial charge is 0.445 e. The van der Waals surface area contributed by atoms with E-state index in [-0.39, 0.29) is 24.8 Å². The Morgan fingerprint density at radius 2 is 1.79 bits per heavy atom. The zero-order valence-corrected chi connectivity index (χ0v) is 15.6. The molecule has 1 N–H and O–H groups in total. The van der Waals surface area contributed by atoms with E-state index >= 15 is 0 Å². The maximum absolute atomic E-state index is 12.8. The van der Waals surface area contributed by atoms with Crippen LogP contribution in [0.4, 0.5) is 4.79 Å². The van der Waals surface area contributed by atoms with E-state index in [0.717, 1.165) is 16.7 Å². The molecule has 2 aromatic carbocycles. The Balaban J connectivity index is 1.48. The first kappa shape index (κ1) is 18.5. The fourth-order valence-electron chi connectivity index (χ4n) is 4.18. The molecule has 0 aliphatic carbocycles. The Hall–Kier alpha value is -2.81. The van der Waals surface area contributed by atoms with E-state index in [2.05, 4.69) is 5.92 Å². The van der Waals surface area contributed by atoms with Crippen molar-refractivity contribution >= 4 is 6.09 Å². The first-order valence-electron chi connectivity index (χ1n) is 9.45. The van der Waals surface area contributed by atoms with Gasteiger partial charge in [0, 0.05) is 18.4 Å². The van der Waals surface area contributed by atoms with Crippen LogP contribution >= 0.6 is 0 Å². The molecule has 2 atom stereocenters. The van der Waals surface area contributed by atoms with Crippen LogP contribution in [-0.2, 0) is 21.7 Å². The molecule has 2 unspecified atom stereocenters. The molecular formula is C23H23NO4. The molecule has 4 rings (SSSR count). The average molecular weight is 377 g/mol. The number of terminal acetylenes is 1. The van der Waals surface area contributed by atoms with Crippen LogP contribution in [-0.4, -0.2) is 41.4 Å². The van der Waals surface area contributed by atoms with E-state index in [1.807, 2.05) is 54.6 Å². The summed E-state index contributed by atoms with van der Waals surface area (Å²) in [7, 11) is 0. The van der Waals surface area contributed by atoms with Gasteiger partial charge in [-0.25, -0.2) is 4.79 Å². The number of carbonyl (C=O) groups is 1. The maximum Gasteiger partial charge on any atom is 0.410 e. The molecule has 0 saturated carbocycles. The molecule has 5 heteroatoms. The summed E-state index contributed by atoms with van der Waals surface area (Å²) in [5.74, 6) is 2.59. The van der Waals surface area contributed by atoms with Gasteiger partial charge in [-0.2, -0.15) is 0 Å². The van der Waals surface area contributed by atoms with Gasteiger partial charge in [0.25, 0.3) is 0 Å². The zero-order chi connectivity index (χ0) is 19.6. The Morgan fingerprint density at radius 1 is 1.14 bits per heavy atom. The number of benzene rings is 2.